The Morgan fingerprint density at radius 2 is 1.55 bits per heavy atom. The molecule has 0 aromatic heterocycles. The molecule has 0 bridgehead atoms. The fourth-order valence-electron chi connectivity index (χ4n) is 3.10. The van der Waals surface area contributed by atoms with Crippen LogP contribution in [0.4, 0.5) is 0 Å². The fraction of sp³-hybridized carbons (Fsp3) is 0. The number of carbonyl (C=O) groups excluding carboxylic acids is 2. The minimum absolute atomic E-state index is 0.263. The second-order valence-electron chi connectivity index (χ2n) is 6.92. The quantitative estimate of drug-likeness (QED) is 0.143. The Morgan fingerprint density at radius 3 is 2.30 bits per heavy atom. The summed E-state index contributed by atoms with van der Waals surface area (Å²) in [6.45, 7) is 0. The first kappa shape index (κ1) is 22.8. The fourth-order valence-corrected chi connectivity index (χ4v) is 3.52. The van der Waals surface area contributed by atoms with Crippen molar-refractivity contribution in [2.75, 3.05) is 0 Å². The first-order chi connectivity index (χ1) is 15.9. The molecular weight excluding hydrogens is 483 g/mol. The van der Waals surface area contributed by atoms with Gasteiger partial charge in [-0.05, 0) is 59.3 Å². The normalized spacial score (nSPS) is 11.0. The van der Waals surface area contributed by atoms with E-state index in [0.29, 0.717) is 32.5 Å². The summed E-state index contributed by atoms with van der Waals surface area (Å²) < 4.78 is 5.63. The summed E-state index contributed by atoms with van der Waals surface area (Å²) in [6.07, 6.45) is 1.43. The van der Waals surface area contributed by atoms with Crippen molar-refractivity contribution in [3.8, 4) is 5.75 Å². The Balaban J connectivity index is 1.62. The van der Waals surface area contributed by atoms with Crippen LogP contribution in [0, 0.1) is 0 Å². The van der Waals surface area contributed by atoms with E-state index in [1.54, 1.807) is 30.3 Å². The van der Waals surface area contributed by atoms with Crippen LogP contribution >= 0.6 is 34.8 Å². The van der Waals surface area contributed by atoms with Gasteiger partial charge in [0.25, 0.3) is 5.91 Å². The van der Waals surface area contributed by atoms with Crippen molar-refractivity contribution in [3.63, 3.8) is 0 Å². The van der Waals surface area contributed by atoms with Gasteiger partial charge in [-0.25, -0.2) is 10.2 Å². The molecule has 1 N–H and O–H groups in total. The minimum atomic E-state index is -0.545. The molecule has 0 aliphatic heterocycles. The molecule has 0 saturated heterocycles. The number of hydrogen-bond donors (Lipinski definition) is 1. The number of nitrogens with one attached hydrogen (secondary N) is 1. The minimum Gasteiger partial charge on any atom is -0.422 e. The number of rotatable bonds is 5. The third-order valence-corrected chi connectivity index (χ3v) is 5.75. The summed E-state index contributed by atoms with van der Waals surface area (Å²) >= 11 is 17.8. The number of amides is 1. The average molecular weight is 498 g/mol. The lowest BCUT2D eigenvalue weighted by atomic mass is 10.0. The molecule has 0 atom stereocenters. The number of ether oxygens (including phenoxy) is 1. The van der Waals surface area contributed by atoms with Crippen molar-refractivity contribution in [1.29, 1.82) is 0 Å². The van der Waals surface area contributed by atoms with Gasteiger partial charge in [-0.1, -0.05) is 65.1 Å². The van der Waals surface area contributed by atoms with E-state index < -0.39 is 11.9 Å². The topological polar surface area (TPSA) is 67.8 Å². The van der Waals surface area contributed by atoms with Gasteiger partial charge in [0, 0.05) is 16.1 Å². The number of benzene rings is 4. The van der Waals surface area contributed by atoms with Gasteiger partial charge in [0.2, 0.25) is 0 Å². The van der Waals surface area contributed by atoms with Gasteiger partial charge in [0.1, 0.15) is 5.75 Å². The van der Waals surface area contributed by atoms with Crippen LogP contribution in [-0.4, -0.2) is 18.1 Å². The number of esters is 1. The summed E-state index contributed by atoms with van der Waals surface area (Å²) in [5.41, 5.74) is 3.63. The lowest BCUT2D eigenvalue weighted by Gasteiger charge is -2.10. The number of nitrogens with zero attached hydrogens (tertiary/aromatic N) is 1. The summed E-state index contributed by atoms with van der Waals surface area (Å²) in [6, 6.07) is 22.0. The zero-order chi connectivity index (χ0) is 23.4. The Kier molecular flexibility index (Phi) is 6.94. The second kappa shape index (κ2) is 10.0. The molecular formula is C25H15Cl3N2O3. The molecule has 0 unspecified atom stereocenters. The van der Waals surface area contributed by atoms with E-state index in [1.165, 1.54) is 24.4 Å². The van der Waals surface area contributed by atoms with E-state index in [-0.39, 0.29) is 5.02 Å². The van der Waals surface area contributed by atoms with E-state index in [2.05, 4.69) is 10.5 Å². The Morgan fingerprint density at radius 1 is 0.818 bits per heavy atom. The van der Waals surface area contributed by atoms with Crippen LogP contribution in [0.1, 0.15) is 26.3 Å². The smallest absolute Gasteiger partial charge is 0.343 e. The molecule has 8 heteroatoms. The molecule has 0 saturated carbocycles. The average Bonchev–Trinajstić information content (AvgIpc) is 2.82. The van der Waals surface area contributed by atoms with Gasteiger partial charge in [-0.2, -0.15) is 5.10 Å². The predicted molar refractivity (Wildman–Crippen MR) is 132 cm³/mol. The van der Waals surface area contributed by atoms with Crippen LogP contribution < -0.4 is 10.2 Å². The molecule has 0 radical (unpaired) electrons. The number of hydrazone groups is 1. The van der Waals surface area contributed by atoms with Crippen LogP contribution in [0.15, 0.2) is 84.0 Å². The first-order valence-electron chi connectivity index (χ1n) is 9.70. The third kappa shape index (κ3) is 5.34. The highest BCUT2D eigenvalue weighted by molar-refractivity contribution is 6.42. The monoisotopic (exact) mass is 496 g/mol. The highest BCUT2D eigenvalue weighted by Crippen LogP contribution is 2.28. The molecule has 4 aromatic rings. The van der Waals surface area contributed by atoms with Crippen LogP contribution in [0.2, 0.25) is 15.1 Å². The van der Waals surface area contributed by atoms with E-state index >= 15 is 0 Å². The SMILES string of the molecule is O=C(NN=Cc1c(OC(=O)c2ccc(Cl)cc2)ccc2ccccc12)c1ccc(Cl)c(Cl)c1. The summed E-state index contributed by atoms with van der Waals surface area (Å²) in [7, 11) is 0. The lowest BCUT2D eigenvalue weighted by molar-refractivity contribution is 0.0734. The highest BCUT2D eigenvalue weighted by atomic mass is 35.5. The van der Waals surface area contributed by atoms with Crippen molar-refractivity contribution in [3.05, 3.63) is 111 Å². The summed E-state index contributed by atoms with van der Waals surface area (Å²) in [5, 5.41) is 6.90. The molecule has 4 rings (SSSR count). The first-order valence-corrected chi connectivity index (χ1v) is 10.8. The van der Waals surface area contributed by atoms with Gasteiger partial charge in [0.05, 0.1) is 21.8 Å². The molecule has 5 nitrogen and oxygen atoms in total. The van der Waals surface area contributed by atoms with Crippen molar-refractivity contribution in [1.82, 2.24) is 5.43 Å². The maximum absolute atomic E-state index is 12.6. The van der Waals surface area contributed by atoms with E-state index in [0.717, 1.165) is 10.8 Å². The largest absolute Gasteiger partial charge is 0.422 e. The lowest BCUT2D eigenvalue weighted by Crippen LogP contribution is -2.17. The van der Waals surface area contributed by atoms with Crippen molar-refractivity contribution < 1.29 is 14.3 Å². The molecule has 33 heavy (non-hydrogen) atoms. The summed E-state index contributed by atoms with van der Waals surface area (Å²) in [4.78, 5) is 25.1. The maximum Gasteiger partial charge on any atom is 0.343 e. The Bertz CT molecular complexity index is 1390. The highest BCUT2D eigenvalue weighted by Gasteiger charge is 2.14. The Hall–Kier alpha value is -3.38. The zero-order valence-corrected chi connectivity index (χ0v) is 19.2. The van der Waals surface area contributed by atoms with Gasteiger partial charge >= 0.3 is 5.97 Å². The van der Waals surface area contributed by atoms with Gasteiger partial charge in [-0.3, -0.25) is 4.79 Å². The standard InChI is InChI=1S/C25H15Cl3N2O3/c26-18-9-5-16(6-10-18)25(32)33-23-12-8-15-3-1-2-4-19(15)20(23)14-29-30-24(31)17-7-11-21(27)22(28)13-17/h1-14H,(H,30,31). The summed E-state index contributed by atoms with van der Waals surface area (Å²) in [5.74, 6) is -0.720. The molecule has 164 valence electrons. The van der Waals surface area contributed by atoms with E-state index in [9.17, 15) is 9.59 Å². The molecule has 0 heterocycles. The molecule has 0 fully saturated rings. The van der Waals surface area contributed by atoms with Crippen LogP contribution in [0.25, 0.3) is 10.8 Å². The van der Waals surface area contributed by atoms with Gasteiger partial charge in [0.15, 0.2) is 0 Å². The molecule has 0 aliphatic carbocycles. The number of halogens is 3. The van der Waals surface area contributed by atoms with E-state index in [1.807, 2.05) is 30.3 Å². The van der Waals surface area contributed by atoms with Gasteiger partial charge < -0.3 is 4.74 Å². The second-order valence-corrected chi connectivity index (χ2v) is 8.17. The predicted octanol–water partition coefficient (Wildman–Crippen LogP) is 6.78. The van der Waals surface area contributed by atoms with Crippen molar-refractivity contribution >= 4 is 63.7 Å². The molecule has 0 spiro atoms. The third-order valence-electron chi connectivity index (χ3n) is 4.75. The molecule has 0 aliphatic rings. The van der Waals surface area contributed by atoms with Crippen LogP contribution in [-0.2, 0) is 0 Å². The van der Waals surface area contributed by atoms with Crippen molar-refractivity contribution in [2.24, 2.45) is 5.10 Å². The van der Waals surface area contributed by atoms with Gasteiger partial charge in [-0.15, -0.1) is 0 Å². The van der Waals surface area contributed by atoms with Crippen LogP contribution in [0.5, 0.6) is 5.75 Å². The molecule has 4 aromatic carbocycles. The number of hydrogen-bond acceptors (Lipinski definition) is 4. The molecule has 1 amide bonds. The number of fused-ring (bicyclic) bond motifs is 1. The van der Waals surface area contributed by atoms with Crippen molar-refractivity contribution in [2.45, 2.75) is 0 Å². The maximum atomic E-state index is 12.6. The zero-order valence-electron chi connectivity index (χ0n) is 16.9. The number of carbonyl (C=O) groups is 2. The van der Waals surface area contributed by atoms with Crippen LogP contribution in [0.3, 0.4) is 0 Å². The van der Waals surface area contributed by atoms with E-state index in [4.69, 9.17) is 39.5 Å². The Labute approximate surface area is 204 Å².